The Morgan fingerprint density at radius 3 is 2.48 bits per heavy atom. The number of fused-ring (bicyclic) bond motifs is 1. The van der Waals surface area contributed by atoms with Gasteiger partial charge in [0.2, 0.25) is 0 Å². The Morgan fingerprint density at radius 2 is 1.72 bits per heavy atom. The van der Waals surface area contributed by atoms with Gasteiger partial charge in [-0.25, -0.2) is 4.68 Å². The molecule has 0 bridgehead atoms. The predicted molar refractivity (Wildman–Crippen MR) is 112 cm³/mol. The number of benzene rings is 2. The van der Waals surface area contributed by atoms with Crippen molar-refractivity contribution >= 4 is 16.7 Å². The molecule has 1 atom stereocenters. The van der Waals surface area contributed by atoms with Crippen LogP contribution in [-0.4, -0.2) is 25.3 Å². The second-order valence-corrected chi connectivity index (χ2v) is 7.23. The zero-order chi connectivity index (χ0) is 20.5. The third-order valence-electron chi connectivity index (χ3n) is 5.38. The first-order chi connectivity index (χ1) is 14.0. The molecule has 0 unspecified atom stereocenters. The van der Waals surface area contributed by atoms with E-state index < -0.39 is 0 Å². The lowest BCUT2D eigenvalue weighted by molar-refractivity contribution is 0.0964. The van der Waals surface area contributed by atoms with Crippen molar-refractivity contribution in [3.63, 3.8) is 0 Å². The van der Waals surface area contributed by atoms with Gasteiger partial charge in [-0.15, -0.1) is 5.10 Å². The fourth-order valence-corrected chi connectivity index (χ4v) is 3.88. The molecule has 6 heteroatoms. The normalized spacial score (nSPS) is 12.2. The summed E-state index contributed by atoms with van der Waals surface area (Å²) in [6, 6.07) is 19.2. The van der Waals surface area contributed by atoms with E-state index in [0.717, 1.165) is 16.1 Å². The molecule has 29 heavy (non-hydrogen) atoms. The summed E-state index contributed by atoms with van der Waals surface area (Å²) >= 11 is 0. The van der Waals surface area contributed by atoms with Crippen molar-refractivity contribution in [2.75, 3.05) is 0 Å². The maximum atomic E-state index is 13.0. The lowest BCUT2D eigenvalue weighted by Crippen LogP contribution is -2.28. The molecule has 0 saturated carbocycles. The van der Waals surface area contributed by atoms with Crippen LogP contribution in [0.4, 0.5) is 0 Å². The van der Waals surface area contributed by atoms with E-state index in [1.165, 1.54) is 5.56 Å². The molecular formula is C23H22N4O2. The molecule has 0 fully saturated rings. The fraction of sp³-hybridized carbons (Fsp3) is 0.217. The summed E-state index contributed by atoms with van der Waals surface area (Å²) in [5.41, 5.74) is 3.87. The van der Waals surface area contributed by atoms with Gasteiger partial charge < -0.3 is 4.57 Å². The standard InChI is InChI=1S/C23H22N4O2/c1-15-13-20(17(3)27(15)16(2)18-9-5-4-6-10-18)22(28)14-26-23(29)19-11-7-8-12-21(19)24-25-26/h4-13,16H,14H2,1-3H3/t16-/m0/s1. The number of carbonyl (C=O) groups is 1. The third kappa shape index (κ3) is 3.38. The van der Waals surface area contributed by atoms with Crippen LogP contribution >= 0.6 is 0 Å². The van der Waals surface area contributed by atoms with Crippen LogP contribution in [0.25, 0.3) is 10.9 Å². The molecule has 2 heterocycles. The molecule has 146 valence electrons. The molecule has 4 rings (SSSR count). The molecule has 0 radical (unpaired) electrons. The average Bonchev–Trinajstić information content (AvgIpc) is 3.04. The predicted octanol–water partition coefficient (Wildman–Crippen LogP) is 3.70. The first-order valence-corrected chi connectivity index (χ1v) is 9.56. The number of ketones is 1. The minimum absolute atomic E-state index is 0.0981. The molecule has 0 aliphatic rings. The summed E-state index contributed by atoms with van der Waals surface area (Å²) in [6.07, 6.45) is 0. The highest BCUT2D eigenvalue weighted by atomic mass is 16.1. The highest BCUT2D eigenvalue weighted by Crippen LogP contribution is 2.25. The Bertz CT molecular complexity index is 1260. The van der Waals surface area contributed by atoms with Gasteiger partial charge in [0, 0.05) is 17.0 Å². The zero-order valence-electron chi connectivity index (χ0n) is 16.7. The Labute approximate surface area is 168 Å². The van der Waals surface area contributed by atoms with Crippen LogP contribution in [0.3, 0.4) is 0 Å². The van der Waals surface area contributed by atoms with E-state index in [1.54, 1.807) is 24.3 Å². The Balaban J connectivity index is 1.67. The molecule has 4 aromatic rings. The van der Waals surface area contributed by atoms with Gasteiger partial charge in [0.05, 0.1) is 11.4 Å². The van der Waals surface area contributed by atoms with Gasteiger partial charge in [0.1, 0.15) is 12.1 Å². The van der Waals surface area contributed by atoms with E-state index >= 15 is 0 Å². The highest BCUT2D eigenvalue weighted by molar-refractivity contribution is 5.97. The quantitative estimate of drug-likeness (QED) is 0.491. The molecule has 0 amide bonds. The zero-order valence-corrected chi connectivity index (χ0v) is 16.7. The molecule has 0 aliphatic carbocycles. The average molecular weight is 386 g/mol. The lowest BCUT2D eigenvalue weighted by Gasteiger charge is -2.19. The third-order valence-corrected chi connectivity index (χ3v) is 5.38. The van der Waals surface area contributed by atoms with Gasteiger partial charge in [-0.2, -0.15) is 0 Å². The minimum atomic E-state index is -0.310. The lowest BCUT2D eigenvalue weighted by atomic mass is 10.1. The Kier molecular flexibility index (Phi) is 4.84. The summed E-state index contributed by atoms with van der Waals surface area (Å²) in [5, 5.41) is 8.45. The number of carbonyl (C=O) groups excluding carboxylic acids is 1. The van der Waals surface area contributed by atoms with E-state index in [2.05, 4.69) is 33.9 Å². The minimum Gasteiger partial charge on any atom is -0.341 e. The summed E-state index contributed by atoms with van der Waals surface area (Å²) in [6.45, 7) is 5.91. The van der Waals surface area contributed by atoms with Crippen molar-refractivity contribution in [3.8, 4) is 0 Å². The van der Waals surface area contributed by atoms with Crippen LogP contribution in [0.1, 0.15) is 40.3 Å². The number of rotatable bonds is 5. The molecule has 0 aliphatic heterocycles. The molecule has 6 nitrogen and oxygen atoms in total. The Hall–Kier alpha value is -3.54. The van der Waals surface area contributed by atoms with Crippen LogP contribution in [0, 0.1) is 13.8 Å². The number of hydrogen-bond donors (Lipinski definition) is 0. The van der Waals surface area contributed by atoms with Gasteiger partial charge in [-0.3, -0.25) is 9.59 Å². The van der Waals surface area contributed by atoms with Crippen LogP contribution in [0.15, 0.2) is 65.5 Å². The second kappa shape index (κ2) is 7.47. The van der Waals surface area contributed by atoms with Gasteiger partial charge in [-0.05, 0) is 44.5 Å². The monoisotopic (exact) mass is 386 g/mol. The summed E-state index contributed by atoms with van der Waals surface area (Å²) in [4.78, 5) is 25.7. The van der Waals surface area contributed by atoms with Crippen molar-refractivity contribution in [1.29, 1.82) is 0 Å². The fourth-order valence-electron chi connectivity index (χ4n) is 3.88. The van der Waals surface area contributed by atoms with E-state index in [9.17, 15) is 9.59 Å². The largest absolute Gasteiger partial charge is 0.341 e. The molecule has 0 saturated heterocycles. The number of Topliss-reactive ketones (excluding diaryl/α,β-unsaturated/α-hetero) is 1. The van der Waals surface area contributed by atoms with Crippen molar-refractivity contribution in [3.05, 3.63) is 93.5 Å². The topological polar surface area (TPSA) is 69.8 Å². The number of nitrogens with zero attached hydrogens (tertiary/aromatic N) is 4. The van der Waals surface area contributed by atoms with Crippen LogP contribution < -0.4 is 5.56 Å². The van der Waals surface area contributed by atoms with Crippen LogP contribution in [-0.2, 0) is 6.54 Å². The van der Waals surface area contributed by atoms with Crippen molar-refractivity contribution in [2.24, 2.45) is 0 Å². The van der Waals surface area contributed by atoms with E-state index in [4.69, 9.17) is 0 Å². The molecule has 0 spiro atoms. The summed E-state index contributed by atoms with van der Waals surface area (Å²) in [7, 11) is 0. The van der Waals surface area contributed by atoms with E-state index in [1.807, 2.05) is 38.1 Å². The smallest absolute Gasteiger partial charge is 0.278 e. The number of aryl methyl sites for hydroxylation is 1. The first-order valence-electron chi connectivity index (χ1n) is 9.56. The first kappa shape index (κ1) is 18.8. The van der Waals surface area contributed by atoms with E-state index in [-0.39, 0.29) is 23.9 Å². The van der Waals surface area contributed by atoms with Crippen molar-refractivity contribution < 1.29 is 4.79 Å². The van der Waals surface area contributed by atoms with Gasteiger partial charge in [0.25, 0.3) is 5.56 Å². The molecular weight excluding hydrogens is 364 g/mol. The van der Waals surface area contributed by atoms with Gasteiger partial charge >= 0.3 is 0 Å². The molecule has 2 aromatic heterocycles. The second-order valence-electron chi connectivity index (χ2n) is 7.23. The molecule has 0 N–H and O–H groups in total. The van der Waals surface area contributed by atoms with Gasteiger partial charge in [0.15, 0.2) is 5.78 Å². The number of hydrogen-bond acceptors (Lipinski definition) is 4. The van der Waals surface area contributed by atoms with E-state index in [0.29, 0.717) is 16.5 Å². The highest BCUT2D eigenvalue weighted by Gasteiger charge is 2.20. The SMILES string of the molecule is Cc1cc(C(=O)Cn2nnc3ccccc3c2=O)c(C)n1[C@@H](C)c1ccccc1. The van der Waals surface area contributed by atoms with Gasteiger partial charge in [-0.1, -0.05) is 47.7 Å². The van der Waals surface area contributed by atoms with Crippen molar-refractivity contribution in [1.82, 2.24) is 19.6 Å². The summed E-state index contributed by atoms with van der Waals surface area (Å²) in [5.74, 6) is -0.156. The van der Waals surface area contributed by atoms with Crippen LogP contribution in [0.2, 0.25) is 0 Å². The maximum Gasteiger partial charge on any atom is 0.278 e. The van der Waals surface area contributed by atoms with Crippen molar-refractivity contribution in [2.45, 2.75) is 33.4 Å². The number of aromatic nitrogens is 4. The summed E-state index contributed by atoms with van der Waals surface area (Å²) < 4.78 is 3.29. The maximum absolute atomic E-state index is 13.0. The molecule has 2 aromatic carbocycles. The van der Waals surface area contributed by atoms with Crippen LogP contribution in [0.5, 0.6) is 0 Å². The Morgan fingerprint density at radius 1 is 1.03 bits per heavy atom.